The first kappa shape index (κ1) is 17.4. The highest BCUT2D eigenvalue weighted by atomic mass is 16.5. The first-order valence-corrected chi connectivity index (χ1v) is 8.27. The van der Waals surface area contributed by atoms with Gasteiger partial charge in [0, 0.05) is 0 Å². The van der Waals surface area contributed by atoms with Crippen molar-refractivity contribution in [1.82, 2.24) is 9.90 Å². The Morgan fingerprint density at radius 1 is 1.15 bits per heavy atom. The number of aromatic nitrogens is 3. The van der Waals surface area contributed by atoms with Gasteiger partial charge in [0.05, 0.1) is 11.7 Å². The molecule has 0 aliphatic rings. The number of benzene rings is 2. The van der Waals surface area contributed by atoms with Crippen LogP contribution in [0.1, 0.15) is 12.5 Å². The average molecular weight is 349 g/mol. The van der Waals surface area contributed by atoms with E-state index in [1.54, 1.807) is 42.9 Å². The van der Waals surface area contributed by atoms with Gasteiger partial charge in [-0.25, -0.2) is 4.79 Å². The van der Waals surface area contributed by atoms with Crippen LogP contribution in [0.2, 0.25) is 0 Å². The molecule has 1 aromatic heterocycles. The number of para-hydroxylation sites is 1. The molecule has 0 saturated heterocycles. The van der Waals surface area contributed by atoms with E-state index in [0.717, 1.165) is 11.0 Å². The van der Waals surface area contributed by atoms with Crippen LogP contribution in [0.25, 0.3) is 22.5 Å². The molecular weight excluding hydrogens is 330 g/mol. The highest BCUT2D eigenvalue weighted by molar-refractivity contribution is 6.10. The number of esters is 1. The second kappa shape index (κ2) is 7.65. The predicted octanol–water partition coefficient (Wildman–Crippen LogP) is 1.67. The Kier molecular flexibility index (Phi) is 5.12. The fourth-order valence-corrected chi connectivity index (χ4v) is 2.58. The molecule has 1 heterocycles. The second-order valence-corrected chi connectivity index (χ2v) is 5.57. The van der Waals surface area contributed by atoms with Crippen molar-refractivity contribution in [2.24, 2.45) is 7.05 Å². The summed E-state index contributed by atoms with van der Waals surface area (Å²) in [7, 11) is 1.79. The quantitative estimate of drug-likeness (QED) is 0.231. The monoisotopic (exact) mass is 349 g/mol. The van der Waals surface area contributed by atoms with E-state index in [4.69, 9.17) is 4.74 Å². The number of carbonyl (C=O) groups excluding carboxylic acids is 1. The third-order valence-corrected chi connectivity index (χ3v) is 3.87. The maximum atomic E-state index is 12.4. The molecule has 0 bridgehead atoms. The van der Waals surface area contributed by atoms with Crippen molar-refractivity contribution in [3.63, 3.8) is 0 Å². The average Bonchev–Trinajstić information content (AvgIpc) is 3.00. The van der Waals surface area contributed by atoms with Gasteiger partial charge in [0.1, 0.15) is 7.05 Å². The van der Waals surface area contributed by atoms with E-state index >= 15 is 0 Å². The summed E-state index contributed by atoms with van der Waals surface area (Å²) in [5, 5.41) is 16.8. The van der Waals surface area contributed by atoms with Gasteiger partial charge in [0.25, 0.3) is 0 Å². The van der Waals surface area contributed by atoms with Crippen molar-refractivity contribution in [1.29, 1.82) is 0 Å². The molecule has 2 aromatic carbocycles. The number of nitrogens with zero attached hydrogens (tertiary/aromatic N) is 3. The lowest BCUT2D eigenvalue weighted by Crippen LogP contribution is -2.41. The summed E-state index contributed by atoms with van der Waals surface area (Å²) in [6.45, 7) is 1.96. The third-order valence-electron chi connectivity index (χ3n) is 3.87. The number of ether oxygens (including phenoxy) is 1. The standard InChI is InChI=1S/C20H19N3O3/c1-3-26-20(25)18(13-14-19(24)15-9-5-4-6-10-15)23-21-16-11-7-8-12-17(16)22(23)2/h4-14H,3H2,1-2H3. The van der Waals surface area contributed by atoms with E-state index in [1.165, 1.54) is 16.9 Å². The second-order valence-electron chi connectivity index (χ2n) is 5.57. The third kappa shape index (κ3) is 3.49. The van der Waals surface area contributed by atoms with Gasteiger partial charge in [-0.3, -0.25) is 0 Å². The van der Waals surface area contributed by atoms with E-state index in [2.05, 4.69) is 5.10 Å². The smallest absolute Gasteiger partial charge is 0.362 e. The molecule has 6 nitrogen and oxygen atoms in total. The van der Waals surface area contributed by atoms with E-state index in [0.29, 0.717) is 5.56 Å². The Balaban J connectivity index is 2.07. The lowest BCUT2D eigenvalue weighted by molar-refractivity contribution is -0.724. The van der Waals surface area contributed by atoms with Gasteiger partial charge in [0.15, 0.2) is 0 Å². The van der Waals surface area contributed by atoms with Gasteiger partial charge < -0.3 is 9.84 Å². The van der Waals surface area contributed by atoms with Crippen molar-refractivity contribution < 1.29 is 19.3 Å². The summed E-state index contributed by atoms with van der Waals surface area (Å²) in [6.07, 6.45) is 2.80. The van der Waals surface area contributed by atoms with Gasteiger partial charge >= 0.3 is 5.97 Å². The molecule has 0 saturated carbocycles. The molecular formula is C20H19N3O3. The van der Waals surface area contributed by atoms with Crippen molar-refractivity contribution >= 4 is 28.5 Å². The Hall–Kier alpha value is -3.41. The molecule has 0 radical (unpaired) electrons. The number of aryl methyl sites for hydroxylation is 1. The molecule has 6 heteroatoms. The Bertz CT molecular complexity index is 988. The SMILES string of the molecule is CCOC(=O)/C(=C\C=C(/[O-])c1ccccc1)n1nc2ccccc2[n+]1C. The molecule has 3 rings (SSSR count). The first-order chi connectivity index (χ1) is 12.6. The molecule has 132 valence electrons. The summed E-state index contributed by atoms with van der Waals surface area (Å²) in [6, 6.07) is 16.4. The zero-order valence-corrected chi connectivity index (χ0v) is 14.6. The number of fused-ring (bicyclic) bond motifs is 1. The largest absolute Gasteiger partial charge is 0.872 e. The molecule has 0 unspecified atom stereocenters. The summed E-state index contributed by atoms with van der Waals surface area (Å²) in [5.74, 6) is -0.750. The molecule has 0 aliphatic carbocycles. The molecule has 0 N–H and O–H groups in total. The summed E-state index contributed by atoms with van der Waals surface area (Å²) in [4.78, 5) is 13.9. The number of allylic oxidation sites excluding steroid dienone is 2. The van der Waals surface area contributed by atoms with Crippen LogP contribution in [0.15, 0.2) is 66.7 Å². The van der Waals surface area contributed by atoms with Crippen LogP contribution in [0.4, 0.5) is 0 Å². The molecule has 0 amide bonds. The van der Waals surface area contributed by atoms with Crippen molar-refractivity contribution in [2.75, 3.05) is 6.61 Å². The summed E-state index contributed by atoms with van der Waals surface area (Å²) in [5.41, 5.74) is 2.30. The van der Waals surface area contributed by atoms with Gasteiger partial charge in [-0.05, 0) is 35.5 Å². The minimum absolute atomic E-state index is 0.162. The number of carbonyl (C=O) groups is 1. The lowest BCUT2D eigenvalue weighted by Gasteiger charge is -2.11. The number of hydrogen-bond donors (Lipinski definition) is 0. The molecule has 0 fully saturated rings. The molecule has 0 spiro atoms. The normalized spacial score (nSPS) is 12.4. The van der Waals surface area contributed by atoms with E-state index < -0.39 is 5.97 Å². The predicted molar refractivity (Wildman–Crippen MR) is 96.2 cm³/mol. The van der Waals surface area contributed by atoms with Crippen molar-refractivity contribution in [3.05, 3.63) is 72.3 Å². The molecule has 3 aromatic rings. The fourth-order valence-electron chi connectivity index (χ4n) is 2.58. The maximum absolute atomic E-state index is 12.4. The zero-order chi connectivity index (χ0) is 18.5. The maximum Gasteiger partial charge on any atom is 0.362 e. The minimum atomic E-state index is -0.548. The highest BCUT2D eigenvalue weighted by Crippen LogP contribution is 2.13. The van der Waals surface area contributed by atoms with E-state index in [-0.39, 0.29) is 18.1 Å². The number of rotatable bonds is 5. The molecule has 26 heavy (non-hydrogen) atoms. The van der Waals surface area contributed by atoms with E-state index in [1.807, 2.05) is 30.3 Å². The van der Waals surface area contributed by atoms with E-state index in [9.17, 15) is 9.90 Å². The van der Waals surface area contributed by atoms with Crippen LogP contribution in [-0.2, 0) is 16.6 Å². The Labute approximate surface area is 151 Å². The van der Waals surface area contributed by atoms with Gasteiger partial charge in [0.2, 0.25) is 16.7 Å². The fraction of sp³-hybridized carbons (Fsp3) is 0.150. The lowest BCUT2D eigenvalue weighted by atomic mass is 10.2. The van der Waals surface area contributed by atoms with Crippen LogP contribution in [0.5, 0.6) is 0 Å². The summed E-state index contributed by atoms with van der Waals surface area (Å²) < 4.78 is 6.87. The van der Waals surface area contributed by atoms with Gasteiger partial charge in [-0.1, -0.05) is 48.5 Å². The van der Waals surface area contributed by atoms with Crippen molar-refractivity contribution in [2.45, 2.75) is 6.92 Å². The first-order valence-electron chi connectivity index (χ1n) is 8.27. The van der Waals surface area contributed by atoms with Crippen LogP contribution >= 0.6 is 0 Å². The van der Waals surface area contributed by atoms with Crippen LogP contribution in [-0.4, -0.2) is 22.5 Å². The van der Waals surface area contributed by atoms with Gasteiger partial charge in [-0.15, -0.1) is 5.76 Å². The van der Waals surface area contributed by atoms with Crippen LogP contribution in [0, 0.1) is 0 Å². The molecule has 0 atom stereocenters. The Morgan fingerprint density at radius 3 is 2.54 bits per heavy atom. The van der Waals surface area contributed by atoms with Crippen molar-refractivity contribution in [3.8, 4) is 0 Å². The minimum Gasteiger partial charge on any atom is -0.872 e. The zero-order valence-electron chi connectivity index (χ0n) is 14.6. The topological polar surface area (TPSA) is 71.1 Å². The van der Waals surface area contributed by atoms with Crippen LogP contribution in [0.3, 0.4) is 0 Å². The molecule has 0 aliphatic heterocycles. The Morgan fingerprint density at radius 2 is 1.85 bits per heavy atom. The van der Waals surface area contributed by atoms with Gasteiger partial charge in [-0.2, -0.15) is 4.68 Å². The summed E-state index contributed by atoms with van der Waals surface area (Å²) >= 11 is 0. The van der Waals surface area contributed by atoms with Crippen LogP contribution < -0.4 is 9.79 Å². The number of hydrogen-bond acceptors (Lipinski definition) is 4. The highest BCUT2D eigenvalue weighted by Gasteiger charge is 2.24.